The molecule has 11 atom stereocenters. The molecule has 0 aromatic heterocycles. The van der Waals surface area contributed by atoms with Crippen molar-refractivity contribution >= 4 is 99.6 Å². The maximum absolute atomic E-state index is 15.3. The van der Waals surface area contributed by atoms with Crippen LogP contribution in [0, 0.1) is 5.92 Å². The SMILES string of the molecule is CC(N)C1NC(=O)CNC(=O)C(CC(=O)O)NC(=O)CNC(=O)C(CC(=O)O)NC(=O)C(C(C)C(=O)O)NC(=O)C2CCCCN2C(=O)C(NC(=O)C(CCN)NC(=O)c2ccc(CCc3ccc4cc(-c5ccccc5)ccc4c3)cc2)C(C)NC(=O)C2CCCN2C(=O)CNC1=O. The smallest absolute Gasteiger partial charge is 0.308 e. The standard InChI is InChI=1S/C67H84N14O18/c1-35(67(98)99)55-65(96)76-47(31-54(87)88)60(91)70-32-50(82)74-46(30-53(85)86)59(90)71-33-51(83)77-56(36(2)69)64(95)72-34-52(84)80-27-9-13-48(80)62(93)73-37(3)57(66(97)81-26-8-7-12-49(81)63(94)78-55)79-61(92)45(24-25-68)75-58(89)41-19-16-38(17-20-41)14-15-39-18-21-44-29-43(23-22-42(44)28-39)40-10-5-4-6-11-40/h4-6,10-11,16-23,28-29,35-37,45-49,55-57H,7-9,12-15,24-27,30-34,68-69H2,1-3H3,(H,70,91)(H,71,90)(H,72,95)(H,73,93)(H,74,82)(H,75,89)(H,76,96)(H,77,83)(H,78,94)(H,79,92)(H,85,86)(H,87,88)(H,98,99). The Labute approximate surface area is 568 Å². The Balaban J connectivity index is 1.14. The lowest BCUT2D eigenvalue weighted by molar-refractivity contribution is -0.149. The Morgan fingerprint density at radius 3 is 1.78 bits per heavy atom. The third kappa shape index (κ3) is 21.1. The van der Waals surface area contributed by atoms with Crippen LogP contribution in [0.4, 0.5) is 0 Å². The number of nitrogens with one attached hydrogen (secondary N) is 10. The number of hydrogen-bond donors (Lipinski definition) is 15. The van der Waals surface area contributed by atoms with Crippen molar-refractivity contribution < 1.29 is 87.2 Å². The van der Waals surface area contributed by atoms with Crippen molar-refractivity contribution in [3.05, 3.63) is 108 Å². The van der Waals surface area contributed by atoms with Gasteiger partial charge in [-0.25, -0.2) is 0 Å². The van der Waals surface area contributed by atoms with Crippen LogP contribution in [0.25, 0.3) is 21.9 Å². The fourth-order valence-electron chi connectivity index (χ4n) is 11.8. The molecule has 99 heavy (non-hydrogen) atoms. The lowest BCUT2D eigenvalue weighted by Gasteiger charge is -2.39. The number of carbonyl (C=O) groups excluding carboxylic acids is 12. The molecule has 3 saturated heterocycles. The van der Waals surface area contributed by atoms with Gasteiger partial charge in [0.25, 0.3) is 5.91 Å². The molecule has 7 rings (SSSR count). The van der Waals surface area contributed by atoms with Gasteiger partial charge in [0.15, 0.2) is 0 Å². The number of carboxylic acids is 3. The average Bonchev–Trinajstić information content (AvgIpc) is 0.999. The molecule has 3 fully saturated rings. The summed E-state index contributed by atoms with van der Waals surface area (Å²) in [5.74, 6) is -19.6. The summed E-state index contributed by atoms with van der Waals surface area (Å²) < 4.78 is 0. The zero-order chi connectivity index (χ0) is 72.2. The molecule has 4 aromatic carbocycles. The highest BCUT2D eigenvalue weighted by Crippen LogP contribution is 2.27. The van der Waals surface area contributed by atoms with Crippen LogP contribution in [0.2, 0.25) is 0 Å². The lowest BCUT2D eigenvalue weighted by atomic mass is 9.96. The highest BCUT2D eigenvalue weighted by molar-refractivity contribution is 6.02. The van der Waals surface area contributed by atoms with E-state index in [1.165, 1.54) is 13.8 Å². The van der Waals surface area contributed by atoms with Crippen LogP contribution in [0.3, 0.4) is 0 Å². The molecule has 0 aliphatic carbocycles. The maximum Gasteiger partial charge on any atom is 0.308 e. The van der Waals surface area contributed by atoms with Crippen molar-refractivity contribution in [2.24, 2.45) is 17.4 Å². The second kappa shape index (κ2) is 35.4. The number of aliphatic carboxylic acids is 3. The van der Waals surface area contributed by atoms with E-state index in [0.717, 1.165) is 49.7 Å². The number of benzene rings is 4. The van der Waals surface area contributed by atoms with Gasteiger partial charge in [0, 0.05) is 24.7 Å². The van der Waals surface area contributed by atoms with E-state index in [1.807, 2.05) is 28.8 Å². The van der Waals surface area contributed by atoms with Crippen LogP contribution in [0.15, 0.2) is 91.0 Å². The zero-order valence-electron chi connectivity index (χ0n) is 54.8. The molecule has 12 amide bonds. The van der Waals surface area contributed by atoms with Crippen molar-refractivity contribution in [2.75, 3.05) is 39.3 Å². The minimum Gasteiger partial charge on any atom is -0.481 e. The first-order chi connectivity index (χ1) is 47.1. The first-order valence-corrected chi connectivity index (χ1v) is 32.5. The first-order valence-electron chi connectivity index (χ1n) is 32.5. The minimum atomic E-state index is -2.12. The second-order valence-corrected chi connectivity index (χ2v) is 24.7. The number of nitrogens with zero attached hydrogens (tertiary/aromatic N) is 2. The predicted octanol–water partition coefficient (Wildman–Crippen LogP) is -2.58. The maximum atomic E-state index is 15.3. The van der Waals surface area contributed by atoms with Crippen LogP contribution >= 0.6 is 0 Å². The quantitative estimate of drug-likeness (QED) is 0.0516. The molecule has 3 heterocycles. The van der Waals surface area contributed by atoms with Crippen LogP contribution < -0.4 is 64.6 Å². The van der Waals surface area contributed by atoms with Gasteiger partial charge in [-0.3, -0.25) is 71.9 Å². The number of piperidine rings is 1. The number of nitrogens with two attached hydrogens (primary N) is 2. The Bertz CT molecular complexity index is 3700. The monoisotopic (exact) mass is 1370 g/mol. The molecule has 17 N–H and O–H groups in total. The summed E-state index contributed by atoms with van der Waals surface area (Å²) in [6.07, 6.45) is -0.414. The summed E-state index contributed by atoms with van der Waals surface area (Å²) in [6, 6.07) is 13.2. The van der Waals surface area contributed by atoms with E-state index < -0.39 is 188 Å². The van der Waals surface area contributed by atoms with Crippen LogP contribution in [0.1, 0.15) is 93.6 Å². The third-order valence-electron chi connectivity index (χ3n) is 17.3. The number of rotatable bonds is 17. The predicted molar refractivity (Wildman–Crippen MR) is 353 cm³/mol. The normalized spacial score (nSPS) is 23.2. The van der Waals surface area contributed by atoms with Crippen molar-refractivity contribution in [3.8, 4) is 11.1 Å². The summed E-state index contributed by atoms with van der Waals surface area (Å²) in [5, 5.41) is 55.0. The highest BCUT2D eigenvalue weighted by Gasteiger charge is 2.44. The molecular weight excluding hydrogens is 1290 g/mol. The molecule has 0 saturated carbocycles. The third-order valence-corrected chi connectivity index (χ3v) is 17.3. The Morgan fingerprint density at radius 1 is 0.576 bits per heavy atom. The lowest BCUT2D eigenvalue weighted by Crippen LogP contribution is -2.66. The van der Waals surface area contributed by atoms with Gasteiger partial charge in [0.2, 0.25) is 65.0 Å². The fourth-order valence-corrected chi connectivity index (χ4v) is 11.8. The number of aryl methyl sites for hydroxylation is 2. The topological polar surface area (TPSA) is 496 Å². The van der Waals surface area contributed by atoms with Gasteiger partial charge in [-0.15, -0.1) is 0 Å². The van der Waals surface area contributed by atoms with Gasteiger partial charge in [0.1, 0.15) is 48.3 Å². The minimum absolute atomic E-state index is 0.000816. The van der Waals surface area contributed by atoms with E-state index in [2.05, 4.69) is 91.1 Å². The van der Waals surface area contributed by atoms with Gasteiger partial charge >= 0.3 is 17.9 Å². The molecule has 0 spiro atoms. The van der Waals surface area contributed by atoms with Gasteiger partial charge in [-0.05, 0) is 130 Å². The van der Waals surface area contributed by atoms with E-state index >= 15 is 4.79 Å². The number of amides is 12. The second-order valence-electron chi connectivity index (χ2n) is 24.7. The summed E-state index contributed by atoms with van der Waals surface area (Å²) >= 11 is 0. The van der Waals surface area contributed by atoms with E-state index in [4.69, 9.17) is 11.5 Å². The molecule has 0 radical (unpaired) electrons. The van der Waals surface area contributed by atoms with Gasteiger partial charge < -0.3 is 89.8 Å². The molecule has 32 heteroatoms. The molecule has 3 aliphatic rings. The Hall–Kier alpha value is -10.9. The molecular formula is C67H84N14O18. The highest BCUT2D eigenvalue weighted by atomic mass is 16.4. The van der Waals surface area contributed by atoms with Crippen LogP contribution in [-0.2, 0) is 80.0 Å². The van der Waals surface area contributed by atoms with E-state index in [1.54, 1.807) is 24.3 Å². The molecule has 11 unspecified atom stereocenters. The van der Waals surface area contributed by atoms with Crippen molar-refractivity contribution in [2.45, 2.75) is 145 Å². The average molecular weight is 1370 g/mol. The molecule has 0 bridgehead atoms. The van der Waals surface area contributed by atoms with Crippen molar-refractivity contribution in [1.82, 2.24) is 63.0 Å². The Morgan fingerprint density at radius 2 is 1.14 bits per heavy atom. The summed E-state index contributed by atoms with van der Waals surface area (Å²) in [6.45, 7) is 0.549. The van der Waals surface area contributed by atoms with Crippen LogP contribution in [-0.4, -0.2) is 214 Å². The molecule has 4 aromatic rings. The number of fused-ring (bicyclic) bond motifs is 3. The van der Waals surface area contributed by atoms with Crippen LogP contribution in [0.5, 0.6) is 0 Å². The van der Waals surface area contributed by atoms with E-state index in [-0.39, 0.29) is 63.7 Å². The zero-order valence-corrected chi connectivity index (χ0v) is 54.8. The fraction of sp³-hybridized carbons (Fsp3) is 0.448. The number of carbonyl (C=O) groups is 15. The molecule has 32 nitrogen and oxygen atoms in total. The van der Waals surface area contributed by atoms with Gasteiger partial charge in [0.05, 0.1) is 44.4 Å². The first kappa shape index (κ1) is 75.5. The number of hydrogen-bond acceptors (Lipinski definition) is 17. The summed E-state index contributed by atoms with van der Waals surface area (Å²) in [7, 11) is 0. The summed E-state index contributed by atoms with van der Waals surface area (Å²) in [5.41, 5.74) is 16.5. The van der Waals surface area contributed by atoms with Gasteiger partial charge in [-0.1, -0.05) is 72.8 Å². The van der Waals surface area contributed by atoms with E-state index in [0.29, 0.717) is 12.8 Å². The molecule has 3 aliphatic heterocycles. The molecule has 530 valence electrons. The van der Waals surface area contributed by atoms with Gasteiger partial charge in [-0.2, -0.15) is 0 Å². The van der Waals surface area contributed by atoms with Crippen molar-refractivity contribution in [1.29, 1.82) is 0 Å². The van der Waals surface area contributed by atoms with Crippen molar-refractivity contribution in [3.63, 3.8) is 0 Å². The Kier molecular flexibility index (Phi) is 27.0. The summed E-state index contributed by atoms with van der Waals surface area (Å²) in [4.78, 5) is 206. The van der Waals surface area contributed by atoms with E-state index in [9.17, 15) is 82.4 Å². The largest absolute Gasteiger partial charge is 0.481 e. The number of carboxylic acid groups (broad SMARTS) is 3.